The van der Waals surface area contributed by atoms with Crippen molar-refractivity contribution >= 4 is 21.8 Å². The fraction of sp³-hybridized carbons (Fsp3) is 0.111. The van der Waals surface area contributed by atoms with Gasteiger partial charge in [0.15, 0.2) is 11.6 Å². The number of nitrogens with one attached hydrogen (secondary N) is 1. The van der Waals surface area contributed by atoms with Crippen LogP contribution in [0.25, 0.3) is 11.3 Å². The third kappa shape index (κ3) is 3.75. The summed E-state index contributed by atoms with van der Waals surface area (Å²) in [6.45, 7) is 1.80. The summed E-state index contributed by atoms with van der Waals surface area (Å²) in [6.07, 6.45) is 0. The summed E-state index contributed by atoms with van der Waals surface area (Å²) in [5.74, 6) is -1.04. The summed E-state index contributed by atoms with van der Waals surface area (Å²) in [6, 6.07) is 16.6. The Labute approximate surface area is 150 Å². The van der Waals surface area contributed by atoms with E-state index in [9.17, 15) is 13.2 Å². The monoisotopic (exact) mass is 372 g/mol. The Balaban J connectivity index is 2.04. The van der Waals surface area contributed by atoms with E-state index in [1.807, 2.05) is 0 Å². The number of anilines is 1. The van der Waals surface area contributed by atoms with Crippen molar-refractivity contribution in [2.45, 2.75) is 11.8 Å². The Kier molecular flexibility index (Phi) is 5.04. The number of rotatable bonds is 6. The number of carbonyl (C=O) groups is 1. The molecule has 0 saturated carbocycles. The first-order valence-electron chi connectivity index (χ1n) is 7.82. The zero-order valence-corrected chi connectivity index (χ0v) is 14.7. The molecule has 26 heavy (non-hydrogen) atoms. The first-order chi connectivity index (χ1) is 12.5. The molecule has 3 aromatic rings. The number of oxazole rings is 1. The van der Waals surface area contributed by atoms with E-state index in [1.54, 1.807) is 55.5 Å². The lowest BCUT2D eigenvalue weighted by Gasteiger charge is -2.06. The van der Waals surface area contributed by atoms with Crippen LogP contribution < -0.4 is 4.72 Å². The van der Waals surface area contributed by atoms with Crippen LogP contribution in [0.3, 0.4) is 0 Å². The highest BCUT2D eigenvalue weighted by Crippen LogP contribution is 2.30. The molecule has 0 aliphatic rings. The van der Waals surface area contributed by atoms with Gasteiger partial charge in [-0.3, -0.25) is 4.72 Å². The summed E-state index contributed by atoms with van der Waals surface area (Å²) in [4.78, 5) is 16.0. The normalized spacial score (nSPS) is 11.1. The molecular formula is C18H16N2O5S. The second kappa shape index (κ2) is 7.40. The van der Waals surface area contributed by atoms with E-state index in [2.05, 4.69) is 9.71 Å². The Morgan fingerprint density at radius 2 is 1.69 bits per heavy atom. The minimum Gasteiger partial charge on any atom is -0.459 e. The lowest BCUT2D eigenvalue weighted by molar-refractivity contribution is 0.0482. The quantitative estimate of drug-likeness (QED) is 0.667. The first kappa shape index (κ1) is 17.7. The van der Waals surface area contributed by atoms with Crippen LogP contribution >= 0.6 is 0 Å². The van der Waals surface area contributed by atoms with Crippen LogP contribution in [-0.4, -0.2) is 26.0 Å². The highest BCUT2D eigenvalue weighted by atomic mass is 32.2. The Hall–Kier alpha value is -3.13. The van der Waals surface area contributed by atoms with Gasteiger partial charge >= 0.3 is 11.9 Å². The third-order valence-corrected chi connectivity index (χ3v) is 4.75. The van der Waals surface area contributed by atoms with Gasteiger partial charge < -0.3 is 9.15 Å². The molecule has 0 bridgehead atoms. The molecule has 8 heteroatoms. The maximum atomic E-state index is 12.6. The fourth-order valence-corrected chi connectivity index (χ4v) is 3.27. The minimum atomic E-state index is -3.89. The number of benzene rings is 2. The Morgan fingerprint density at radius 3 is 2.31 bits per heavy atom. The van der Waals surface area contributed by atoms with Crippen LogP contribution in [0.1, 0.15) is 17.6 Å². The smallest absolute Gasteiger partial charge is 0.394 e. The maximum absolute atomic E-state index is 12.6. The second-order valence-electron chi connectivity index (χ2n) is 5.20. The van der Waals surface area contributed by atoms with Crippen molar-refractivity contribution in [3.05, 3.63) is 66.6 Å². The van der Waals surface area contributed by atoms with Gasteiger partial charge in [0.25, 0.3) is 10.0 Å². The van der Waals surface area contributed by atoms with E-state index in [0.29, 0.717) is 5.56 Å². The zero-order valence-electron chi connectivity index (χ0n) is 13.9. The van der Waals surface area contributed by atoms with Crippen LogP contribution in [-0.2, 0) is 14.8 Å². The third-order valence-electron chi connectivity index (χ3n) is 3.40. The predicted molar refractivity (Wildman–Crippen MR) is 95.1 cm³/mol. The molecule has 7 nitrogen and oxygen atoms in total. The molecule has 0 unspecified atom stereocenters. The van der Waals surface area contributed by atoms with Gasteiger partial charge in [-0.05, 0) is 19.1 Å². The van der Waals surface area contributed by atoms with Crippen molar-refractivity contribution in [1.82, 2.24) is 4.98 Å². The van der Waals surface area contributed by atoms with Crippen molar-refractivity contribution in [2.24, 2.45) is 0 Å². The van der Waals surface area contributed by atoms with Crippen LogP contribution in [0.5, 0.6) is 0 Å². The molecule has 0 spiro atoms. The van der Waals surface area contributed by atoms with Gasteiger partial charge in [-0.25, -0.2) is 13.2 Å². The van der Waals surface area contributed by atoms with E-state index in [1.165, 1.54) is 12.1 Å². The van der Waals surface area contributed by atoms with E-state index < -0.39 is 16.0 Å². The molecule has 134 valence electrons. The van der Waals surface area contributed by atoms with Crippen LogP contribution in [0.4, 0.5) is 5.82 Å². The molecule has 0 aliphatic heterocycles. The Morgan fingerprint density at radius 1 is 1.08 bits per heavy atom. The molecule has 0 fully saturated rings. The molecule has 1 aromatic heterocycles. The molecule has 1 N–H and O–H groups in total. The fourth-order valence-electron chi connectivity index (χ4n) is 2.24. The summed E-state index contributed by atoms with van der Waals surface area (Å²) in [5.41, 5.74) is 0.571. The highest BCUT2D eigenvalue weighted by molar-refractivity contribution is 7.92. The van der Waals surface area contributed by atoms with Gasteiger partial charge in [-0.2, -0.15) is 4.98 Å². The summed E-state index contributed by atoms with van der Waals surface area (Å²) in [7, 11) is -3.89. The van der Waals surface area contributed by atoms with Gasteiger partial charge in [-0.15, -0.1) is 0 Å². The molecule has 0 atom stereocenters. The van der Waals surface area contributed by atoms with Crippen LogP contribution in [0.2, 0.25) is 0 Å². The van der Waals surface area contributed by atoms with Crippen molar-refractivity contribution < 1.29 is 22.4 Å². The number of sulfonamides is 1. The molecule has 2 aromatic carbocycles. The number of nitrogens with zero attached hydrogens (tertiary/aromatic N) is 1. The van der Waals surface area contributed by atoms with E-state index in [4.69, 9.17) is 9.15 Å². The van der Waals surface area contributed by atoms with Crippen molar-refractivity contribution in [2.75, 3.05) is 11.3 Å². The number of carbonyl (C=O) groups excluding carboxylic acids is 1. The van der Waals surface area contributed by atoms with Crippen molar-refractivity contribution in [3.63, 3.8) is 0 Å². The van der Waals surface area contributed by atoms with Crippen LogP contribution in [0, 0.1) is 0 Å². The number of hydrogen-bond donors (Lipinski definition) is 1. The molecule has 0 aliphatic carbocycles. The molecule has 1 heterocycles. The SMILES string of the molecule is CCOC(=O)c1nc(NS(=O)(=O)c2ccccc2)c(-c2ccccc2)o1. The number of ether oxygens (including phenoxy) is 1. The summed E-state index contributed by atoms with van der Waals surface area (Å²) in [5, 5.41) is 0. The van der Waals surface area contributed by atoms with Gasteiger partial charge in [0.05, 0.1) is 11.5 Å². The van der Waals surface area contributed by atoms with Gasteiger partial charge in [0.2, 0.25) is 0 Å². The molecule has 3 rings (SSSR count). The van der Waals surface area contributed by atoms with E-state index in [-0.39, 0.29) is 29.0 Å². The Bertz CT molecular complexity index is 999. The van der Waals surface area contributed by atoms with Crippen molar-refractivity contribution in [3.8, 4) is 11.3 Å². The van der Waals surface area contributed by atoms with Gasteiger partial charge in [-0.1, -0.05) is 48.5 Å². The average molecular weight is 372 g/mol. The lowest BCUT2D eigenvalue weighted by atomic mass is 10.2. The van der Waals surface area contributed by atoms with E-state index in [0.717, 1.165) is 0 Å². The molecular weight excluding hydrogens is 356 g/mol. The second-order valence-corrected chi connectivity index (χ2v) is 6.88. The lowest BCUT2D eigenvalue weighted by Crippen LogP contribution is -2.14. The molecule has 0 radical (unpaired) electrons. The number of esters is 1. The first-order valence-corrected chi connectivity index (χ1v) is 9.31. The number of hydrogen-bond acceptors (Lipinski definition) is 6. The zero-order chi connectivity index (χ0) is 18.6. The standard InChI is InChI=1S/C18H16N2O5S/c1-2-24-18(21)17-19-16(15(25-17)13-9-5-3-6-10-13)20-26(22,23)14-11-7-4-8-12-14/h3-12,20H,2H2,1H3. The highest BCUT2D eigenvalue weighted by Gasteiger charge is 2.25. The van der Waals surface area contributed by atoms with Gasteiger partial charge in [0.1, 0.15) is 0 Å². The minimum absolute atomic E-state index is 0.0692. The van der Waals surface area contributed by atoms with Gasteiger partial charge in [0, 0.05) is 5.56 Å². The molecule has 0 saturated heterocycles. The average Bonchev–Trinajstić information content (AvgIpc) is 3.07. The summed E-state index contributed by atoms with van der Waals surface area (Å²) >= 11 is 0. The largest absolute Gasteiger partial charge is 0.459 e. The topological polar surface area (TPSA) is 98.5 Å². The summed E-state index contributed by atoms with van der Waals surface area (Å²) < 4.78 is 37.9. The van der Waals surface area contributed by atoms with Crippen molar-refractivity contribution in [1.29, 1.82) is 0 Å². The predicted octanol–water partition coefficient (Wildman–Crippen LogP) is 3.32. The number of aromatic nitrogens is 1. The van der Waals surface area contributed by atoms with Crippen LogP contribution in [0.15, 0.2) is 70.0 Å². The maximum Gasteiger partial charge on any atom is 0.394 e. The molecule has 0 amide bonds. The van der Waals surface area contributed by atoms with E-state index >= 15 is 0 Å².